The lowest BCUT2D eigenvalue weighted by Crippen LogP contribution is -1.94. The number of nitrogens with one attached hydrogen (secondary N) is 1. The van der Waals surface area contributed by atoms with Crippen molar-refractivity contribution in [3.8, 4) is 11.5 Å². The van der Waals surface area contributed by atoms with Gasteiger partial charge in [0, 0.05) is 25.1 Å². The second-order valence-corrected chi connectivity index (χ2v) is 3.74. The summed E-state index contributed by atoms with van der Waals surface area (Å²) >= 11 is 0. The molecule has 1 aromatic heterocycles. The van der Waals surface area contributed by atoms with E-state index in [4.69, 9.17) is 13.9 Å². The Bertz CT molecular complexity index is 523. The molecule has 1 heterocycles. The summed E-state index contributed by atoms with van der Waals surface area (Å²) < 4.78 is 16.0. The fourth-order valence-corrected chi connectivity index (χ4v) is 1.69. The average Bonchev–Trinajstić information content (AvgIpc) is 2.87. The zero-order valence-electron chi connectivity index (χ0n) is 10.7. The number of anilines is 1. The molecular formula is C13H16N2O3. The van der Waals surface area contributed by atoms with Gasteiger partial charge in [-0.3, -0.25) is 0 Å². The van der Waals surface area contributed by atoms with Crippen LogP contribution in [0.15, 0.2) is 28.8 Å². The molecule has 0 saturated carbocycles. The van der Waals surface area contributed by atoms with Crippen LogP contribution in [0, 0.1) is 0 Å². The molecule has 2 aromatic rings. The molecule has 0 saturated heterocycles. The van der Waals surface area contributed by atoms with Gasteiger partial charge in [-0.2, -0.15) is 0 Å². The van der Waals surface area contributed by atoms with Crippen LogP contribution in [-0.2, 0) is 6.42 Å². The van der Waals surface area contributed by atoms with E-state index in [0.29, 0.717) is 12.4 Å². The first-order valence-corrected chi connectivity index (χ1v) is 5.60. The molecule has 0 spiro atoms. The third-order valence-electron chi connectivity index (χ3n) is 2.63. The Kier molecular flexibility index (Phi) is 3.72. The molecule has 5 heteroatoms. The van der Waals surface area contributed by atoms with Crippen LogP contribution in [0.25, 0.3) is 0 Å². The van der Waals surface area contributed by atoms with E-state index in [1.807, 2.05) is 18.2 Å². The Hall–Kier alpha value is -2.17. The molecule has 0 fully saturated rings. The van der Waals surface area contributed by atoms with Gasteiger partial charge in [-0.15, -0.1) is 0 Å². The lowest BCUT2D eigenvalue weighted by molar-refractivity contribution is 0.390. The molecule has 5 nitrogen and oxygen atoms in total. The maximum atomic E-state index is 5.48. The molecule has 0 radical (unpaired) electrons. The Balaban J connectivity index is 2.22. The topological polar surface area (TPSA) is 56.5 Å². The monoisotopic (exact) mass is 248 g/mol. The van der Waals surface area contributed by atoms with E-state index in [9.17, 15) is 0 Å². The first-order valence-electron chi connectivity index (χ1n) is 5.60. The number of hydrogen-bond acceptors (Lipinski definition) is 5. The Morgan fingerprint density at radius 3 is 2.72 bits per heavy atom. The van der Waals surface area contributed by atoms with Crippen LogP contribution in [0.3, 0.4) is 0 Å². The van der Waals surface area contributed by atoms with Crippen molar-refractivity contribution in [1.29, 1.82) is 0 Å². The highest BCUT2D eigenvalue weighted by molar-refractivity contribution is 5.42. The van der Waals surface area contributed by atoms with Crippen LogP contribution in [0.5, 0.6) is 11.5 Å². The lowest BCUT2D eigenvalue weighted by atomic mass is 10.1. The molecule has 2 rings (SSSR count). The molecule has 0 aliphatic rings. The van der Waals surface area contributed by atoms with Crippen molar-refractivity contribution in [2.45, 2.75) is 6.42 Å². The predicted molar refractivity (Wildman–Crippen MR) is 68.4 cm³/mol. The minimum atomic E-state index is 0.512. The molecule has 0 aliphatic carbocycles. The molecule has 0 aliphatic heterocycles. The van der Waals surface area contributed by atoms with Gasteiger partial charge in [-0.05, 0) is 6.07 Å². The second kappa shape index (κ2) is 5.44. The number of aromatic nitrogens is 1. The Labute approximate surface area is 106 Å². The summed E-state index contributed by atoms with van der Waals surface area (Å²) in [5.41, 5.74) is 1.03. The van der Waals surface area contributed by atoms with Gasteiger partial charge >= 0.3 is 0 Å². The van der Waals surface area contributed by atoms with Gasteiger partial charge in [0.05, 0.1) is 20.4 Å². The van der Waals surface area contributed by atoms with Crippen molar-refractivity contribution in [1.82, 2.24) is 4.98 Å². The Morgan fingerprint density at radius 2 is 2.11 bits per heavy atom. The molecule has 18 heavy (non-hydrogen) atoms. The largest absolute Gasteiger partial charge is 0.497 e. The van der Waals surface area contributed by atoms with Crippen LogP contribution in [-0.4, -0.2) is 26.3 Å². The minimum Gasteiger partial charge on any atom is -0.497 e. The van der Waals surface area contributed by atoms with Crippen molar-refractivity contribution in [3.63, 3.8) is 0 Å². The molecule has 0 bridgehead atoms. The number of methoxy groups -OCH3 is 2. The zero-order valence-corrected chi connectivity index (χ0v) is 10.7. The third-order valence-corrected chi connectivity index (χ3v) is 2.63. The SMILES string of the molecule is CNc1ncc(Cc2ccc(OC)cc2OC)o1. The average molecular weight is 248 g/mol. The number of hydrogen-bond donors (Lipinski definition) is 1. The van der Waals surface area contributed by atoms with Crippen molar-refractivity contribution in [3.05, 3.63) is 35.7 Å². The highest BCUT2D eigenvalue weighted by atomic mass is 16.5. The highest BCUT2D eigenvalue weighted by Crippen LogP contribution is 2.27. The summed E-state index contributed by atoms with van der Waals surface area (Å²) in [6.07, 6.45) is 2.33. The quantitative estimate of drug-likeness (QED) is 0.880. The Morgan fingerprint density at radius 1 is 1.28 bits per heavy atom. The first-order chi connectivity index (χ1) is 8.76. The predicted octanol–water partition coefficient (Wildman–Crippen LogP) is 2.32. The van der Waals surface area contributed by atoms with Gasteiger partial charge < -0.3 is 19.2 Å². The van der Waals surface area contributed by atoms with Gasteiger partial charge in [0.15, 0.2) is 0 Å². The standard InChI is InChI=1S/C13H16N2O3/c1-14-13-15-8-11(18-13)6-9-4-5-10(16-2)7-12(9)17-3/h4-5,7-8H,6H2,1-3H3,(H,14,15). The summed E-state index contributed by atoms with van der Waals surface area (Å²) in [5, 5.41) is 2.85. The molecule has 0 amide bonds. The van der Waals surface area contributed by atoms with E-state index in [-0.39, 0.29) is 0 Å². The van der Waals surface area contributed by atoms with Crippen LogP contribution >= 0.6 is 0 Å². The van der Waals surface area contributed by atoms with Crippen molar-refractivity contribution < 1.29 is 13.9 Å². The van der Waals surface area contributed by atoms with Gasteiger partial charge in [-0.1, -0.05) is 6.07 Å². The first kappa shape index (κ1) is 12.3. The fourth-order valence-electron chi connectivity index (χ4n) is 1.69. The highest BCUT2D eigenvalue weighted by Gasteiger charge is 2.09. The zero-order chi connectivity index (χ0) is 13.0. The van der Waals surface area contributed by atoms with Crippen LogP contribution in [0.1, 0.15) is 11.3 Å². The smallest absolute Gasteiger partial charge is 0.294 e. The van der Waals surface area contributed by atoms with Crippen LogP contribution < -0.4 is 14.8 Å². The number of rotatable bonds is 5. The van der Waals surface area contributed by atoms with E-state index in [1.165, 1.54) is 0 Å². The van der Waals surface area contributed by atoms with Crippen molar-refractivity contribution in [2.24, 2.45) is 0 Å². The second-order valence-electron chi connectivity index (χ2n) is 3.74. The molecule has 1 N–H and O–H groups in total. The van der Waals surface area contributed by atoms with E-state index in [2.05, 4.69) is 10.3 Å². The number of ether oxygens (including phenoxy) is 2. The van der Waals surface area contributed by atoms with Crippen LogP contribution in [0.4, 0.5) is 6.01 Å². The maximum absolute atomic E-state index is 5.48. The summed E-state index contributed by atoms with van der Waals surface area (Å²) in [5.74, 6) is 2.32. The summed E-state index contributed by atoms with van der Waals surface area (Å²) in [7, 11) is 5.03. The molecule has 96 valence electrons. The summed E-state index contributed by atoms with van der Waals surface area (Å²) in [6.45, 7) is 0. The van der Waals surface area contributed by atoms with Crippen molar-refractivity contribution in [2.75, 3.05) is 26.6 Å². The van der Waals surface area contributed by atoms with Gasteiger partial charge in [0.2, 0.25) is 0 Å². The minimum absolute atomic E-state index is 0.512. The molecule has 0 atom stereocenters. The van der Waals surface area contributed by atoms with E-state index in [1.54, 1.807) is 27.5 Å². The molecular weight excluding hydrogens is 232 g/mol. The van der Waals surface area contributed by atoms with E-state index in [0.717, 1.165) is 22.8 Å². The molecule has 1 aromatic carbocycles. The number of nitrogens with zero attached hydrogens (tertiary/aromatic N) is 1. The van der Waals surface area contributed by atoms with Crippen LogP contribution in [0.2, 0.25) is 0 Å². The normalized spacial score (nSPS) is 10.2. The lowest BCUT2D eigenvalue weighted by Gasteiger charge is -2.09. The third kappa shape index (κ3) is 2.56. The summed E-state index contributed by atoms with van der Waals surface area (Å²) in [6, 6.07) is 6.22. The van der Waals surface area contributed by atoms with E-state index < -0.39 is 0 Å². The summed E-state index contributed by atoms with van der Waals surface area (Å²) in [4.78, 5) is 4.08. The number of benzene rings is 1. The van der Waals surface area contributed by atoms with Gasteiger partial charge in [0.25, 0.3) is 6.01 Å². The fraction of sp³-hybridized carbons (Fsp3) is 0.308. The van der Waals surface area contributed by atoms with Gasteiger partial charge in [-0.25, -0.2) is 4.98 Å². The van der Waals surface area contributed by atoms with Crippen molar-refractivity contribution >= 4 is 6.01 Å². The molecule has 0 unspecified atom stereocenters. The van der Waals surface area contributed by atoms with E-state index >= 15 is 0 Å². The maximum Gasteiger partial charge on any atom is 0.294 e. The van der Waals surface area contributed by atoms with Gasteiger partial charge in [0.1, 0.15) is 17.3 Å². The number of oxazole rings is 1.